The van der Waals surface area contributed by atoms with E-state index in [4.69, 9.17) is 0 Å². The molecule has 2 nitrogen and oxygen atoms in total. The van der Waals surface area contributed by atoms with Crippen LogP contribution in [0.4, 0.5) is 0 Å². The zero-order valence-corrected chi connectivity index (χ0v) is 10.1. The molecule has 1 aromatic heterocycles. The number of nitrogens with zero attached hydrogens (tertiary/aromatic N) is 1. The van der Waals surface area contributed by atoms with Gasteiger partial charge in [-0.05, 0) is 44.2 Å². The van der Waals surface area contributed by atoms with Crippen molar-refractivity contribution in [2.75, 3.05) is 0 Å². The van der Waals surface area contributed by atoms with Crippen LogP contribution < -0.4 is 0 Å². The molecule has 1 N–H and O–H groups in total. The Hall–Kier alpha value is -0.890. The van der Waals surface area contributed by atoms with Crippen LogP contribution in [0.1, 0.15) is 32.2 Å². The molecular formula is C13H21NO. The van der Waals surface area contributed by atoms with E-state index in [1.807, 2.05) is 32.0 Å². The van der Waals surface area contributed by atoms with E-state index in [0.29, 0.717) is 11.8 Å². The molecule has 1 aromatic rings. The maximum atomic E-state index is 9.69. The molecule has 2 heteroatoms. The standard InChI is InChI=1S/C13H21NO/c1-9(2)13(11(4)15)8-12-7-5-6-10(3)14-12/h5-7,9,11,13,15H,8H2,1-4H3. The minimum Gasteiger partial charge on any atom is -0.393 e. The third kappa shape index (κ3) is 3.63. The summed E-state index contributed by atoms with van der Waals surface area (Å²) in [6, 6.07) is 6.05. The van der Waals surface area contributed by atoms with Crippen molar-refractivity contribution in [1.29, 1.82) is 0 Å². The zero-order chi connectivity index (χ0) is 11.4. The lowest BCUT2D eigenvalue weighted by atomic mass is 9.87. The molecule has 2 atom stereocenters. The van der Waals surface area contributed by atoms with Crippen molar-refractivity contribution in [3.05, 3.63) is 29.6 Å². The Morgan fingerprint density at radius 2 is 1.93 bits per heavy atom. The smallest absolute Gasteiger partial charge is 0.0546 e. The topological polar surface area (TPSA) is 33.1 Å². The van der Waals surface area contributed by atoms with Crippen LogP contribution >= 0.6 is 0 Å². The van der Waals surface area contributed by atoms with Gasteiger partial charge < -0.3 is 5.11 Å². The van der Waals surface area contributed by atoms with Crippen molar-refractivity contribution in [3.63, 3.8) is 0 Å². The Balaban J connectivity index is 2.74. The highest BCUT2D eigenvalue weighted by Gasteiger charge is 2.19. The maximum Gasteiger partial charge on any atom is 0.0546 e. The Kier molecular flexibility index (Phi) is 4.28. The molecule has 0 fully saturated rings. The van der Waals surface area contributed by atoms with Crippen LogP contribution in [0.2, 0.25) is 0 Å². The number of aromatic nitrogens is 1. The van der Waals surface area contributed by atoms with Crippen molar-refractivity contribution in [3.8, 4) is 0 Å². The summed E-state index contributed by atoms with van der Waals surface area (Å²) < 4.78 is 0. The minimum atomic E-state index is -0.271. The van der Waals surface area contributed by atoms with E-state index in [1.54, 1.807) is 0 Å². The first-order valence-corrected chi connectivity index (χ1v) is 5.61. The Morgan fingerprint density at radius 3 is 2.40 bits per heavy atom. The van der Waals surface area contributed by atoms with Gasteiger partial charge in [-0.2, -0.15) is 0 Å². The Bertz CT molecular complexity index is 299. The fraction of sp³-hybridized carbons (Fsp3) is 0.615. The summed E-state index contributed by atoms with van der Waals surface area (Å²) in [4.78, 5) is 4.47. The van der Waals surface area contributed by atoms with Gasteiger partial charge in [0, 0.05) is 11.4 Å². The first-order valence-electron chi connectivity index (χ1n) is 5.61. The fourth-order valence-electron chi connectivity index (χ4n) is 1.92. The van der Waals surface area contributed by atoms with Gasteiger partial charge in [0.25, 0.3) is 0 Å². The van der Waals surface area contributed by atoms with E-state index < -0.39 is 0 Å². The molecule has 2 unspecified atom stereocenters. The number of aryl methyl sites for hydroxylation is 1. The van der Waals surface area contributed by atoms with E-state index >= 15 is 0 Å². The highest BCUT2D eigenvalue weighted by atomic mass is 16.3. The van der Waals surface area contributed by atoms with E-state index in [9.17, 15) is 5.11 Å². The molecular weight excluding hydrogens is 186 g/mol. The molecule has 0 saturated heterocycles. The Morgan fingerprint density at radius 1 is 1.27 bits per heavy atom. The average molecular weight is 207 g/mol. The lowest BCUT2D eigenvalue weighted by Crippen LogP contribution is -2.24. The molecule has 0 radical (unpaired) electrons. The molecule has 0 saturated carbocycles. The zero-order valence-electron chi connectivity index (χ0n) is 10.1. The molecule has 0 bridgehead atoms. The summed E-state index contributed by atoms with van der Waals surface area (Å²) in [5.74, 6) is 0.770. The molecule has 15 heavy (non-hydrogen) atoms. The summed E-state index contributed by atoms with van der Waals surface area (Å²) in [6.07, 6.45) is 0.587. The highest BCUT2D eigenvalue weighted by Crippen LogP contribution is 2.20. The molecule has 0 aromatic carbocycles. The number of rotatable bonds is 4. The first kappa shape index (κ1) is 12.2. The number of aliphatic hydroxyl groups excluding tert-OH is 1. The summed E-state index contributed by atoms with van der Waals surface area (Å²) in [7, 11) is 0. The van der Waals surface area contributed by atoms with Crippen LogP contribution in [0.3, 0.4) is 0 Å². The molecule has 0 aliphatic carbocycles. The van der Waals surface area contributed by atoms with Crippen molar-refractivity contribution in [1.82, 2.24) is 4.98 Å². The van der Waals surface area contributed by atoms with Crippen molar-refractivity contribution in [2.45, 2.75) is 40.2 Å². The van der Waals surface area contributed by atoms with E-state index in [0.717, 1.165) is 17.8 Å². The average Bonchev–Trinajstić information content (AvgIpc) is 2.13. The minimum absolute atomic E-state index is 0.271. The van der Waals surface area contributed by atoms with Gasteiger partial charge in [0.1, 0.15) is 0 Å². The second kappa shape index (κ2) is 5.26. The maximum absolute atomic E-state index is 9.69. The molecule has 1 heterocycles. The second-order valence-corrected chi connectivity index (χ2v) is 4.62. The second-order valence-electron chi connectivity index (χ2n) is 4.62. The third-order valence-corrected chi connectivity index (χ3v) is 2.87. The van der Waals surface area contributed by atoms with Gasteiger partial charge in [0.05, 0.1) is 6.10 Å². The van der Waals surface area contributed by atoms with Gasteiger partial charge >= 0.3 is 0 Å². The largest absolute Gasteiger partial charge is 0.393 e. The quantitative estimate of drug-likeness (QED) is 0.823. The molecule has 0 aliphatic heterocycles. The van der Waals surface area contributed by atoms with Gasteiger partial charge in [-0.25, -0.2) is 0 Å². The van der Waals surface area contributed by atoms with Crippen LogP contribution in [0.15, 0.2) is 18.2 Å². The first-order chi connectivity index (χ1) is 7.00. The predicted molar refractivity (Wildman–Crippen MR) is 62.7 cm³/mol. The predicted octanol–water partition coefficient (Wildman–Crippen LogP) is 2.59. The molecule has 0 aliphatic rings. The van der Waals surface area contributed by atoms with Crippen LogP contribution in [-0.2, 0) is 6.42 Å². The van der Waals surface area contributed by atoms with Gasteiger partial charge in [-0.3, -0.25) is 4.98 Å². The van der Waals surface area contributed by atoms with Gasteiger partial charge in [0.2, 0.25) is 0 Å². The summed E-state index contributed by atoms with van der Waals surface area (Å²) in [5, 5.41) is 9.69. The summed E-state index contributed by atoms with van der Waals surface area (Å²) >= 11 is 0. The van der Waals surface area contributed by atoms with Crippen molar-refractivity contribution < 1.29 is 5.11 Å². The monoisotopic (exact) mass is 207 g/mol. The van der Waals surface area contributed by atoms with Gasteiger partial charge in [0.15, 0.2) is 0 Å². The molecule has 1 rings (SSSR count). The van der Waals surface area contributed by atoms with Gasteiger partial charge in [-0.15, -0.1) is 0 Å². The van der Waals surface area contributed by atoms with Crippen LogP contribution in [0.5, 0.6) is 0 Å². The van der Waals surface area contributed by atoms with E-state index in [2.05, 4.69) is 18.8 Å². The fourth-order valence-corrected chi connectivity index (χ4v) is 1.92. The molecule has 0 amide bonds. The third-order valence-electron chi connectivity index (χ3n) is 2.87. The number of hydrogen-bond acceptors (Lipinski definition) is 2. The SMILES string of the molecule is Cc1cccc(CC(C(C)C)C(C)O)n1. The number of hydrogen-bond donors (Lipinski definition) is 1. The normalized spacial score (nSPS) is 15.3. The van der Waals surface area contributed by atoms with Crippen molar-refractivity contribution >= 4 is 0 Å². The van der Waals surface area contributed by atoms with Crippen LogP contribution in [-0.4, -0.2) is 16.2 Å². The summed E-state index contributed by atoms with van der Waals surface area (Å²) in [5.41, 5.74) is 2.12. The van der Waals surface area contributed by atoms with E-state index in [1.165, 1.54) is 0 Å². The van der Waals surface area contributed by atoms with Gasteiger partial charge in [-0.1, -0.05) is 19.9 Å². The lowest BCUT2D eigenvalue weighted by Gasteiger charge is -2.23. The highest BCUT2D eigenvalue weighted by molar-refractivity contribution is 5.10. The van der Waals surface area contributed by atoms with E-state index in [-0.39, 0.29) is 6.10 Å². The summed E-state index contributed by atoms with van der Waals surface area (Å²) in [6.45, 7) is 8.15. The van der Waals surface area contributed by atoms with Crippen molar-refractivity contribution in [2.24, 2.45) is 11.8 Å². The van der Waals surface area contributed by atoms with Crippen LogP contribution in [0.25, 0.3) is 0 Å². The molecule has 84 valence electrons. The van der Waals surface area contributed by atoms with Crippen LogP contribution in [0, 0.1) is 18.8 Å². The number of pyridine rings is 1. The lowest BCUT2D eigenvalue weighted by molar-refractivity contribution is 0.0970. The Labute approximate surface area is 92.4 Å². The number of aliphatic hydroxyl groups is 1. The molecule has 0 spiro atoms.